The summed E-state index contributed by atoms with van der Waals surface area (Å²) in [4.78, 5) is 37.9. The number of benzene rings is 3. The van der Waals surface area contributed by atoms with Crippen molar-refractivity contribution in [3.8, 4) is 11.5 Å². The highest BCUT2D eigenvalue weighted by Gasteiger charge is 2.32. The van der Waals surface area contributed by atoms with Crippen LogP contribution in [0.5, 0.6) is 0 Å². The standard InChI is InChI=1S/C25H17ClF3N3O5/c26-18-12-11-17(25(27,28)29)13-19(18)30-22(34)21(15-7-3-1-4-8-15)36-20(33)14-32-24(35)37-23(31-32)16-9-5-2-6-10-16/h1-13,21H,14H2,(H,30,34). The third-order valence-electron chi connectivity index (χ3n) is 5.05. The lowest BCUT2D eigenvalue weighted by atomic mass is 10.1. The monoisotopic (exact) mass is 531 g/mol. The molecule has 0 saturated carbocycles. The first kappa shape index (κ1) is 25.7. The average molecular weight is 532 g/mol. The van der Waals surface area contributed by atoms with Crippen molar-refractivity contribution in [2.24, 2.45) is 0 Å². The van der Waals surface area contributed by atoms with Gasteiger partial charge in [0, 0.05) is 11.1 Å². The number of anilines is 1. The number of halogens is 4. The Kier molecular flexibility index (Phi) is 7.44. The molecule has 1 atom stereocenters. The van der Waals surface area contributed by atoms with Crippen molar-refractivity contribution in [3.05, 3.63) is 106 Å². The smallest absolute Gasteiger partial charge is 0.437 e. The van der Waals surface area contributed by atoms with Gasteiger partial charge in [-0.2, -0.15) is 17.9 Å². The van der Waals surface area contributed by atoms with E-state index in [2.05, 4.69) is 10.4 Å². The molecule has 0 aliphatic heterocycles. The summed E-state index contributed by atoms with van der Waals surface area (Å²) in [5.41, 5.74) is -0.612. The Bertz CT molecular complexity index is 1470. The van der Waals surface area contributed by atoms with E-state index in [1.54, 1.807) is 48.5 Å². The summed E-state index contributed by atoms with van der Waals surface area (Å²) in [6.07, 6.45) is -6.24. The zero-order valence-corrected chi connectivity index (χ0v) is 19.5. The topological polar surface area (TPSA) is 103 Å². The van der Waals surface area contributed by atoms with Crippen LogP contribution < -0.4 is 11.1 Å². The fourth-order valence-electron chi connectivity index (χ4n) is 3.29. The Morgan fingerprint density at radius 2 is 1.68 bits per heavy atom. The summed E-state index contributed by atoms with van der Waals surface area (Å²) in [5.74, 6) is -2.92. The van der Waals surface area contributed by atoms with Gasteiger partial charge >= 0.3 is 17.9 Å². The predicted molar refractivity (Wildman–Crippen MR) is 127 cm³/mol. The normalized spacial score (nSPS) is 12.1. The predicted octanol–water partition coefficient (Wildman–Crippen LogP) is 5.10. The van der Waals surface area contributed by atoms with Crippen LogP contribution in [0.2, 0.25) is 5.02 Å². The van der Waals surface area contributed by atoms with Gasteiger partial charge in [0.15, 0.2) is 0 Å². The molecule has 8 nitrogen and oxygen atoms in total. The van der Waals surface area contributed by atoms with Crippen LogP contribution in [0.3, 0.4) is 0 Å². The van der Waals surface area contributed by atoms with E-state index in [0.29, 0.717) is 11.6 Å². The van der Waals surface area contributed by atoms with Crippen molar-refractivity contribution in [2.45, 2.75) is 18.8 Å². The number of nitrogens with zero attached hydrogens (tertiary/aromatic N) is 2. The Morgan fingerprint density at radius 3 is 2.32 bits per heavy atom. The number of rotatable bonds is 7. The molecule has 0 spiro atoms. The first-order chi connectivity index (χ1) is 17.6. The van der Waals surface area contributed by atoms with Gasteiger partial charge in [-0.25, -0.2) is 4.79 Å². The van der Waals surface area contributed by atoms with Crippen molar-refractivity contribution in [1.82, 2.24) is 9.78 Å². The lowest BCUT2D eigenvalue weighted by Gasteiger charge is -2.19. The fourth-order valence-corrected chi connectivity index (χ4v) is 3.46. The molecule has 1 heterocycles. The van der Waals surface area contributed by atoms with Crippen molar-refractivity contribution < 1.29 is 31.9 Å². The maximum Gasteiger partial charge on any atom is 0.437 e. The van der Waals surface area contributed by atoms with Gasteiger partial charge in [0.05, 0.1) is 16.3 Å². The molecule has 4 aromatic rings. The molecule has 4 rings (SSSR count). The largest absolute Gasteiger partial charge is 0.446 e. The van der Waals surface area contributed by atoms with Crippen LogP contribution >= 0.6 is 11.6 Å². The van der Waals surface area contributed by atoms with E-state index in [1.807, 2.05) is 0 Å². The van der Waals surface area contributed by atoms with E-state index in [1.165, 1.54) is 12.1 Å². The summed E-state index contributed by atoms with van der Waals surface area (Å²) < 4.78 is 50.5. The number of alkyl halides is 3. The Morgan fingerprint density at radius 1 is 1.03 bits per heavy atom. The van der Waals surface area contributed by atoms with Gasteiger partial charge in [-0.15, -0.1) is 5.10 Å². The minimum absolute atomic E-state index is 0.0186. The van der Waals surface area contributed by atoms with E-state index in [0.717, 1.165) is 16.8 Å². The van der Waals surface area contributed by atoms with Crippen molar-refractivity contribution in [2.75, 3.05) is 5.32 Å². The maximum atomic E-state index is 13.1. The number of carbonyl (C=O) groups is 2. The number of hydrogen-bond donors (Lipinski definition) is 1. The van der Waals surface area contributed by atoms with Gasteiger partial charge in [-0.05, 0) is 30.3 Å². The molecule has 1 unspecified atom stereocenters. The number of esters is 1. The summed E-state index contributed by atoms with van der Waals surface area (Å²) >= 11 is 5.98. The molecule has 12 heteroatoms. The number of amides is 1. The van der Waals surface area contributed by atoms with Gasteiger partial charge < -0.3 is 14.5 Å². The highest BCUT2D eigenvalue weighted by atomic mass is 35.5. The molecule has 0 aliphatic carbocycles. The molecule has 0 bridgehead atoms. The number of aromatic nitrogens is 2. The zero-order valence-electron chi connectivity index (χ0n) is 18.7. The van der Waals surface area contributed by atoms with Gasteiger partial charge in [-0.3, -0.25) is 9.59 Å². The number of nitrogens with one attached hydrogen (secondary N) is 1. The molecule has 1 N–H and O–H groups in total. The Balaban J connectivity index is 1.55. The first-order valence-electron chi connectivity index (χ1n) is 10.7. The summed E-state index contributed by atoms with van der Waals surface area (Å²) in [6, 6.07) is 18.7. The summed E-state index contributed by atoms with van der Waals surface area (Å²) in [6.45, 7) is -0.684. The van der Waals surface area contributed by atoms with Gasteiger partial charge in [0.25, 0.3) is 5.91 Å². The fraction of sp³-hybridized carbons (Fsp3) is 0.120. The van der Waals surface area contributed by atoms with E-state index in [9.17, 15) is 27.6 Å². The number of ether oxygens (including phenoxy) is 1. The minimum atomic E-state index is -4.67. The third-order valence-corrected chi connectivity index (χ3v) is 5.38. The van der Waals surface area contributed by atoms with Crippen LogP contribution in [-0.2, 0) is 27.0 Å². The second kappa shape index (κ2) is 10.7. The van der Waals surface area contributed by atoms with Crippen LogP contribution in [0.15, 0.2) is 88.1 Å². The van der Waals surface area contributed by atoms with Crippen LogP contribution in [0.4, 0.5) is 18.9 Å². The molecule has 1 aromatic heterocycles. The second-order valence-corrected chi connectivity index (χ2v) is 8.07. The Labute approximate surface area is 212 Å². The van der Waals surface area contributed by atoms with Crippen molar-refractivity contribution in [3.63, 3.8) is 0 Å². The summed E-state index contributed by atoms with van der Waals surface area (Å²) in [7, 11) is 0. The first-order valence-corrected chi connectivity index (χ1v) is 11.0. The molecular formula is C25H17ClF3N3O5. The van der Waals surface area contributed by atoms with Crippen LogP contribution in [0, 0.1) is 0 Å². The van der Waals surface area contributed by atoms with E-state index < -0.39 is 42.0 Å². The molecule has 0 fully saturated rings. The van der Waals surface area contributed by atoms with Gasteiger partial charge in [-0.1, -0.05) is 60.1 Å². The Hall–Kier alpha value is -4.38. The number of carbonyl (C=O) groups excluding carboxylic acids is 2. The molecule has 0 saturated heterocycles. The van der Waals surface area contributed by atoms with E-state index in [4.69, 9.17) is 20.8 Å². The molecule has 0 aliphatic rings. The lowest BCUT2D eigenvalue weighted by molar-refractivity contribution is -0.155. The van der Waals surface area contributed by atoms with Gasteiger partial charge in [0.2, 0.25) is 12.0 Å². The molecule has 190 valence electrons. The van der Waals surface area contributed by atoms with Crippen molar-refractivity contribution >= 4 is 29.2 Å². The van der Waals surface area contributed by atoms with Crippen LogP contribution in [-0.4, -0.2) is 21.7 Å². The van der Waals surface area contributed by atoms with E-state index >= 15 is 0 Å². The summed E-state index contributed by atoms with van der Waals surface area (Å²) in [5, 5.41) is 6.09. The average Bonchev–Trinajstić information content (AvgIpc) is 3.24. The zero-order chi connectivity index (χ0) is 26.6. The highest BCUT2D eigenvalue weighted by molar-refractivity contribution is 6.33. The number of hydrogen-bond acceptors (Lipinski definition) is 6. The molecule has 37 heavy (non-hydrogen) atoms. The second-order valence-electron chi connectivity index (χ2n) is 7.66. The van der Waals surface area contributed by atoms with Gasteiger partial charge in [0.1, 0.15) is 6.54 Å². The molecule has 3 aromatic carbocycles. The molecule has 0 radical (unpaired) electrons. The molecular weight excluding hydrogens is 515 g/mol. The van der Waals surface area contributed by atoms with Crippen molar-refractivity contribution in [1.29, 1.82) is 0 Å². The van der Waals surface area contributed by atoms with Crippen LogP contribution in [0.1, 0.15) is 17.2 Å². The molecule has 1 amide bonds. The quantitative estimate of drug-likeness (QED) is 0.333. The van der Waals surface area contributed by atoms with E-state index in [-0.39, 0.29) is 22.2 Å². The highest BCUT2D eigenvalue weighted by Crippen LogP contribution is 2.34. The minimum Gasteiger partial charge on any atom is -0.446 e. The third kappa shape index (κ3) is 6.25. The SMILES string of the molecule is O=C(Cn1nc(-c2ccccc2)oc1=O)OC(C(=O)Nc1cc(C(F)(F)F)ccc1Cl)c1ccccc1. The lowest BCUT2D eigenvalue weighted by Crippen LogP contribution is -2.29. The maximum absolute atomic E-state index is 13.1. The van der Waals surface area contributed by atoms with Crippen LogP contribution in [0.25, 0.3) is 11.5 Å².